The molecule has 0 aromatic heterocycles. The van der Waals surface area contributed by atoms with Crippen LogP contribution in [-0.4, -0.2) is 30.1 Å². The average molecular weight is 377 g/mol. The lowest BCUT2D eigenvalue weighted by atomic mass is 10.1. The highest BCUT2D eigenvalue weighted by atomic mass is 31.2. The summed E-state index contributed by atoms with van der Waals surface area (Å²) in [6.07, 6.45) is 0.208. The predicted octanol–water partition coefficient (Wildman–Crippen LogP) is 2.54. The van der Waals surface area contributed by atoms with Gasteiger partial charge in [0.2, 0.25) is 0 Å². The Balaban J connectivity index is 0.00000105. The van der Waals surface area contributed by atoms with Crippen molar-refractivity contribution in [1.82, 2.24) is 5.32 Å². The van der Waals surface area contributed by atoms with E-state index in [0.29, 0.717) is 5.56 Å². The van der Waals surface area contributed by atoms with Crippen LogP contribution in [-0.2, 0) is 24.8 Å². The summed E-state index contributed by atoms with van der Waals surface area (Å²) in [6, 6.07) is 16.2. The molecule has 0 spiro atoms. The Labute approximate surface area is 151 Å². The minimum absolute atomic E-state index is 0.0157. The molecule has 2 N–H and O–H groups in total. The van der Waals surface area contributed by atoms with E-state index in [4.69, 9.17) is 14.1 Å². The van der Waals surface area contributed by atoms with Gasteiger partial charge < -0.3 is 14.7 Å². The van der Waals surface area contributed by atoms with E-state index < -0.39 is 7.60 Å². The number of carbonyl (C=O) groups excluding carboxylic acids is 3. The normalized spacial score (nSPS) is 12.1. The SMILES string of the molecule is Cc1ccc(C(=O)NCCOP(=O)(O)Cc2ccccc2)cc1.O=C=O. The first kappa shape index (κ1) is 21.5. The van der Waals surface area contributed by atoms with Gasteiger partial charge in [0, 0.05) is 12.1 Å². The van der Waals surface area contributed by atoms with Crippen molar-refractivity contribution < 1.29 is 28.4 Å². The summed E-state index contributed by atoms with van der Waals surface area (Å²) in [5.41, 5.74) is 2.36. The van der Waals surface area contributed by atoms with E-state index in [1.165, 1.54) is 0 Å². The zero-order valence-electron chi connectivity index (χ0n) is 14.3. The van der Waals surface area contributed by atoms with Crippen molar-refractivity contribution in [2.75, 3.05) is 13.2 Å². The molecule has 2 aromatic rings. The Bertz CT molecular complexity index is 770. The van der Waals surface area contributed by atoms with Gasteiger partial charge in [-0.15, -0.1) is 0 Å². The van der Waals surface area contributed by atoms with E-state index in [0.717, 1.165) is 11.1 Å². The fourth-order valence-electron chi connectivity index (χ4n) is 2.02. The largest absolute Gasteiger partial charge is 0.373 e. The van der Waals surface area contributed by atoms with Gasteiger partial charge in [-0.3, -0.25) is 9.36 Å². The molecule has 138 valence electrons. The molecule has 1 atom stereocenters. The van der Waals surface area contributed by atoms with Crippen molar-refractivity contribution >= 4 is 19.7 Å². The molecule has 0 saturated carbocycles. The second-order valence-electron chi connectivity index (χ2n) is 5.32. The predicted molar refractivity (Wildman–Crippen MR) is 94.4 cm³/mol. The van der Waals surface area contributed by atoms with Gasteiger partial charge >= 0.3 is 13.7 Å². The number of benzene rings is 2. The summed E-state index contributed by atoms with van der Waals surface area (Å²) in [7, 11) is -3.70. The third-order valence-corrected chi connectivity index (χ3v) is 4.57. The lowest BCUT2D eigenvalue weighted by molar-refractivity contribution is -0.191. The average Bonchev–Trinajstić information content (AvgIpc) is 2.60. The molecular formula is C18H20NO6P. The first-order valence-corrected chi connectivity index (χ1v) is 9.48. The summed E-state index contributed by atoms with van der Waals surface area (Å²) in [5.74, 6) is -0.232. The molecule has 0 heterocycles. The van der Waals surface area contributed by atoms with E-state index in [1.54, 1.807) is 36.4 Å². The summed E-state index contributed by atoms with van der Waals surface area (Å²) >= 11 is 0. The minimum atomic E-state index is -3.70. The molecule has 0 fully saturated rings. The molecular weight excluding hydrogens is 357 g/mol. The van der Waals surface area contributed by atoms with E-state index in [9.17, 15) is 14.3 Å². The zero-order chi connectivity index (χ0) is 19.4. The monoisotopic (exact) mass is 377 g/mol. The maximum Gasteiger partial charge on any atom is 0.373 e. The van der Waals surface area contributed by atoms with Gasteiger partial charge in [-0.25, -0.2) is 0 Å². The van der Waals surface area contributed by atoms with Crippen molar-refractivity contribution in [2.45, 2.75) is 13.1 Å². The molecule has 0 aliphatic heterocycles. The van der Waals surface area contributed by atoms with Crippen LogP contribution in [0.15, 0.2) is 54.6 Å². The Kier molecular flexibility index (Phi) is 9.20. The quantitative estimate of drug-likeness (QED) is 0.567. The van der Waals surface area contributed by atoms with Gasteiger partial charge in [-0.2, -0.15) is 9.59 Å². The van der Waals surface area contributed by atoms with E-state index in [1.807, 2.05) is 25.1 Å². The number of rotatable bonds is 7. The molecule has 2 aromatic carbocycles. The van der Waals surface area contributed by atoms with Crippen LogP contribution in [0.4, 0.5) is 0 Å². The van der Waals surface area contributed by atoms with Crippen LogP contribution in [0.1, 0.15) is 21.5 Å². The fraction of sp³-hybridized carbons (Fsp3) is 0.222. The van der Waals surface area contributed by atoms with Crippen molar-refractivity contribution in [3.8, 4) is 0 Å². The van der Waals surface area contributed by atoms with E-state index in [2.05, 4.69) is 5.32 Å². The Morgan fingerprint density at radius 1 is 1.12 bits per heavy atom. The topological polar surface area (TPSA) is 110 Å². The second kappa shape index (κ2) is 11.1. The van der Waals surface area contributed by atoms with Gasteiger partial charge in [0.1, 0.15) is 0 Å². The molecule has 0 aliphatic rings. The number of nitrogens with one attached hydrogen (secondary N) is 1. The number of amides is 1. The Hall–Kier alpha value is -2.56. The highest BCUT2D eigenvalue weighted by Crippen LogP contribution is 2.45. The minimum Gasteiger partial charge on any atom is -0.350 e. The van der Waals surface area contributed by atoms with Crippen LogP contribution >= 0.6 is 7.60 Å². The van der Waals surface area contributed by atoms with Crippen LogP contribution < -0.4 is 5.32 Å². The van der Waals surface area contributed by atoms with Crippen molar-refractivity contribution in [3.05, 3.63) is 71.3 Å². The molecule has 26 heavy (non-hydrogen) atoms. The van der Waals surface area contributed by atoms with Crippen molar-refractivity contribution in [2.24, 2.45) is 0 Å². The van der Waals surface area contributed by atoms with Crippen LogP contribution in [0.2, 0.25) is 0 Å². The lowest BCUT2D eigenvalue weighted by Gasteiger charge is -2.12. The van der Waals surface area contributed by atoms with Crippen LogP contribution in [0.5, 0.6) is 0 Å². The summed E-state index contributed by atoms with van der Waals surface area (Å²) in [5, 5.41) is 2.66. The van der Waals surface area contributed by atoms with E-state index >= 15 is 0 Å². The van der Waals surface area contributed by atoms with Crippen molar-refractivity contribution in [1.29, 1.82) is 0 Å². The molecule has 7 nitrogen and oxygen atoms in total. The first-order valence-electron chi connectivity index (χ1n) is 7.72. The smallest absolute Gasteiger partial charge is 0.350 e. The van der Waals surface area contributed by atoms with Gasteiger partial charge in [-0.05, 0) is 24.6 Å². The van der Waals surface area contributed by atoms with Crippen molar-refractivity contribution in [3.63, 3.8) is 0 Å². The molecule has 0 saturated heterocycles. The highest BCUT2D eigenvalue weighted by molar-refractivity contribution is 7.51. The standard InChI is InChI=1S/C17H20NO4P.CO2/c1-14-7-9-16(10-8-14)17(19)18-11-12-22-23(20,21)13-15-5-3-2-4-6-15;2-1-3/h2-10H,11-13H2,1H3,(H,18,19)(H,20,21);. The molecule has 1 unspecified atom stereocenters. The third-order valence-electron chi connectivity index (χ3n) is 3.22. The number of carbonyl (C=O) groups is 1. The molecule has 0 aliphatic carbocycles. The summed E-state index contributed by atoms with van der Waals surface area (Å²) in [4.78, 5) is 37.9. The van der Waals surface area contributed by atoms with Crippen LogP contribution in [0.3, 0.4) is 0 Å². The molecule has 1 amide bonds. The zero-order valence-corrected chi connectivity index (χ0v) is 15.1. The summed E-state index contributed by atoms with van der Waals surface area (Å²) in [6.45, 7) is 2.10. The third kappa shape index (κ3) is 8.51. The van der Waals surface area contributed by atoms with Gasteiger partial charge in [0.05, 0.1) is 12.8 Å². The molecule has 8 heteroatoms. The summed E-state index contributed by atoms with van der Waals surface area (Å²) < 4.78 is 17.0. The number of hydrogen-bond donors (Lipinski definition) is 2. The van der Waals surface area contributed by atoms with Gasteiger partial charge in [0.25, 0.3) is 5.91 Å². The van der Waals surface area contributed by atoms with Crippen LogP contribution in [0, 0.1) is 6.92 Å². The fourth-order valence-corrected chi connectivity index (χ4v) is 3.16. The second-order valence-corrected chi connectivity index (χ2v) is 7.17. The van der Waals surface area contributed by atoms with Gasteiger partial charge in [0.15, 0.2) is 0 Å². The number of hydrogen-bond acceptors (Lipinski definition) is 5. The lowest BCUT2D eigenvalue weighted by Crippen LogP contribution is -2.27. The molecule has 0 bridgehead atoms. The molecule has 0 radical (unpaired) electrons. The molecule has 2 rings (SSSR count). The highest BCUT2D eigenvalue weighted by Gasteiger charge is 2.19. The first-order chi connectivity index (χ1) is 12.4. The maximum absolute atomic E-state index is 12.0. The van der Waals surface area contributed by atoms with Gasteiger partial charge in [-0.1, -0.05) is 48.0 Å². The van der Waals surface area contributed by atoms with E-state index in [-0.39, 0.29) is 31.4 Å². The van der Waals surface area contributed by atoms with Crippen LogP contribution in [0.25, 0.3) is 0 Å². The Morgan fingerprint density at radius 2 is 1.69 bits per heavy atom. The maximum atomic E-state index is 12.0. The number of aryl methyl sites for hydroxylation is 1. The Morgan fingerprint density at radius 3 is 2.27 bits per heavy atom.